The van der Waals surface area contributed by atoms with Crippen molar-refractivity contribution in [3.63, 3.8) is 0 Å². The Hall–Kier alpha value is -0.300. The van der Waals surface area contributed by atoms with Crippen molar-refractivity contribution >= 4 is 0 Å². The van der Waals surface area contributed by atoms with Crippen LogP contribution in [0.15, 0.2) is 11.6 Å². The maximum absolute atomic E-state index is 6.00. The van der Waals surface area contributed by atoms with Crippen molar-refractivity contribution in [1.82, 2.24) is 0 Å². The molecule has 0 aromatic heterocycles. The highest BCUT2D eigenvalue weighted by Crippen LogP contribution is 2.44. The van der Waals surface area contributed by atoms with E-state index >= 15 is 0 Å². The molecule has 0 aromatic carbocycles. The predicted octanol–water partition coefficient (Wildman–Crippen LogP) is 2.96. The van der Waals surface area contributed by atoms with Gasteiger partial charge >= 0.3 is 0 Å². The molecule has 1 heteroatoms. The third-order valence-electron chi connectivity index (χ3n) is 3.34. The first-order valence-electron chi connectivity index (χ1n) is 5.32. The predicted molar refractivity (Wildman–Crippen MR) is 58.5 cm³/mol. The lowest BCUT2D eigenvalue weighted by molar-refractivity contribution is 0.267. The van der Waals surface area contributed by atoms with Crippen molar-refractivity contribution in [2.24, 2.45) is 23.0 Å². The first-order chi connectivity index (χ1) is 5.84. The Bertz CT molecular complexity index is 211. The highest BCUT2D eigenvalue weighted by molar-refractivity contribution is 5.20. The Labute approximate surface area is 82.4 Å². The van der Waals surface area contributed by atoms with Crippen LogP contribution in [0.5, 0.6) is 0 Å². The molecule has 2 N–H and O–H groups in total. The zero-order valence-corrected chi connectivity index (χ0v) is 9.59. The quantitative estimate of drug-likeness (QED) is 0.651. The highest BCUT2D eigenvalue weighted by atomic mass is 14.7. The summed E-state index contributed by atoms with van der Waals surface area (Å²) in [6, 6.07) is 0.308. The molecule has 1 unspecified atom stereocenters. The standard InChI is InChI=1S/C12H23N/c1-8(2)10-6-11(9(3)13)12(4,5)7-10/h7-9,11H,6,13H2,1-5H3/t9-,11?/m1/s1. The van der Waals surface area contributed by atoms with Crippen LogP contribution in [0.2, 0.25) is 0 Å². The van der Waals surface area contributed by atoms with Crippen molar-refractivity contribution in [2.75, 3.05) is 0 Å². The van der Waals surface area contributed by atoms with E-state index in [1.54, 1.807) is 5.57 Å². The van der Waals surface area contributed by atoms with Gasteiger partial charge in [0.15, 0.2) is 0 Å². The molecule has 0 heterocycles. The van der Waals surface area contributed by atoms with Gasteiger partial charge in [-0.1, -0.05) is 39.3 Å². The Morgan fingerprint density at radius 1 is 1.38 bits per heavy atom. The van der Waals surface area contributed by atoms with Crippen molar-refractivity contribution in [3.8, 4) is 0 Å². The Morgan fingerprint density at radius 2 is 1.92 bits per heavy atom. The Morgan fingerprint density at radius 3 is 2.15 bits per heavy atom. The third-order valence-corrected chi connectivity index (χ3v) is 3.34. The molecule has 0 fully saturated rings. The van der Waals surface area contributed by atoms with Crippen molar-refractivity contribution in [3.05, 3.63) is 11.6 Å². The van der Waals surface area contributed by atoms with E-state index in [1.807, 2.05) is 0 Å². The minimum absolute atomic E-state index is 0.299. The molecule has 0 amide bonds. The smallest absolute Gasteiger partial charge is 0.00499 e. The topological polar surface area (TPSA) is 26.0 Å². The summed E-state index contributed by atoms with van der Waals surface area (Å²) in [7, 11) is 0. The molecule has 2 atom stereocenters. The van der Waals surface area contributed by atoms with Gasteiger partial charge < -0.3 is 5.73 Å². The summed E-state index contributed by atoms with van der Waals surface area (Å²) in [6.45, 7) is 11.3. The molecule has 1 aliphatic rings. The molecule has 13 heavy (non-hydrogen) atoms. The van der Waals surface area contributed by atoms with E-state index in [9.17, 15) is 0 Å². The minimum Gasteiger partial charge on any atom is -0.328 e. The summed E-state index contributed by atoms with van der Waals surface area (Å²) in [5.74, 6) is 1.31. The summed E-state index contributed by atoms with van der Waals surface area (Å²) < 4.78 is 0. The van der Waals surface area contributed by atoms with E-state index in [0.29, 0.717) is 23.3 Å². The maximum Gasteiger partial charge on any atom is 0.00499 e. The second kappa shape index (κ2) is 3.45. The SMILES string of the molecule is CC(C)C1=CC(C)(C)C([C@@H](C)N)C1. The molecule has 0 bridgehead atoms. The average molecular weight is 181 g/mol. The molecule has 0 radical (unpaired) electrons. The summed E-state index contributed by atoms with van der Waals surface area (Å²) in [5, 5.41) is 0. The second-order valence-corrected chi connectivity index (χ2v) is 5.37. The first-order valence-corrected chi connectivity index (χ1v) is 5.32. The molecular formula is C12H23N. The monoisotopic (exact) mass is 181 g/mol. The lowest BCUT2D eigenvalue weighted by Gasteiger charge is -2.29. The average Bonchev–Trinajstić information content (AvgIpc) is 2.25. The molecule has 0 aromatic rings. The third kappa shape index (κ3) is 2.14. The van der Waals surface area contributed by atoms with E-state index in [1.165, 1.54) is 6.42 Å². The number of rotatable bonds is 2. The molecule has 76 valence electrons. The van der Waals surface area contributed by atoms with Crippen LogP contribution in [0.4, 0.5) is 0 Å². The van der Waals surface area contributed by atoms with Crippen LogP contribution < -0.4 is 5.73 Å². The number of hydrogen-bond donors (Lipinski definition) is 1. The van der Waals surface area contributed by atoms with E-state index in [2.05, 4.69) is 40.7 Å². The van der Waals surface area contributed by atoms with Gasteiger partial charge in [-0.2, -0.15) is 0 Å². The molecule has 1 aliphatic carbocycles. The number of nitrogens with two attached hydrogens (primary N) is 1. The Kier molecular flexibility index (Phi) is 2.86. The van der Waals surface area contributed by atoms with Gasteiger partial charge in [-0.05, 0) is 30.6 Å². The molecule has 0 saturated carbocycles. The van der Waals surface area contributed by atoms with E-state index in [-0.39, 0.29) is 0 Å². The van der Waals surface area contributed by atoms with Crippen molar-refractivity contribution in [2.45, 2.75) is 47.1 Å². The number of hydrogen-bond acceptors (Lipinski definition) is 1. The summed E-state index contributed by atoms with van der Waals surface area (Å²) in [6.07, 6.45) is 3.63. The van der Waals surface area contributed by atoms with Crippen LogP contribution in [0.25, 0.3) is 0 Å². The minimum atomic E-state index is 0.299. The Balaban J connectivity index is 2.80. The molecule has 1 nitrogen and oxygen atoms in total. The number of allylic oxidation sites excluding steroid dienone is 2. The van der Waals surface area contributed by atoms with Gasteiger partial charge in [-0.3, -0.25) is 0 Å². The highest BCUT2D eigenvalue weighted by Gasteiger charge is 2.36. The van der Waals surface area contributed by atoms with Gasteiger partial charge in [0.1, 0.15) is 0 Å². The van der Waals surface area contributed by atoms with E-state index in [0.717, 1.165) is 0 Å². The fraction of sp³-hybridized carbons (Fsp3) is 0.833. The fourth-order valence-corrected chi connectivity index (χ4v) is 2.43. The van der Waals surface area contributed by atoms with Crippen LogP contribution in [0, 0.1) is 17.3 Å². The van der Waals surface area contributed by atoms with Gasteiger partial charge in [-0.15, -0.1) is 0 Å². The lowest BCUT2D eigenvalue weighted by Crippen LogP contribution is -2.34. The second-order valence-electron chi connectivity index (χ2n) is 5.37. The van der Waals surface area contributed by atoms with Gasteiger partial charge in [0.2, 0.25) is 0 Å². The molecule has 0 spiro atoms. The summed E-state index contributed by atoms with van der Waals surface area (Å²) >= 11 is 0. The lowest BCUT2D eigenvalue weighted by atomic mass is 9.78. The summed E-state index contributed by atoms with van der Waals surface area (Å²) in [5.41, 5.74) is 7.89. The zero-order chi connectivity index (χ0) is 10.2. The van der Waals surface area contributed by atoms with Crippen LogP contribution in [-0.2, 0) is 0 Å². The summed E-state index contributed by atoms with van der Waals surface area (Å²) in [4.78, 5) is 0. The molecule has 0 aliphatic heterocycles. The van der Waals surface area contributed by atoms with Crippen LogP contribution >= 0.6 is 0 Å². The maximum atomic E-state index is 6.00. The van der Waals surface area contributed by atoms with Crippen LogP contribution in [-0.4, -0.2) is 6.04 Å². The molecule has 0 saturated heterocycles. The van der Waals surface area contributed by atoms with E-state index in [4.69, 9.17) is 5.73 Å². The van der Waals surface area contributed by atoms with Gasteiger partial charge in [-0.25, -0.2) is 0 Å². The largest absolute Gasteiger partial charge is 0.328 e. The van der Waals surface area contributed by atoms with Crippen LogP contribution in [0.1, 0.15) is 41.0 Å². The zero-order valence-electron chi connectivity index (χ0n) is 9.59. The van der Waals surface area contributed by atoms with Crippen LogP contribution in [0.3, 0.4) is 0 Å². The van der Waals surface area contributed by atoms with Crippen molar-refractivity contribution < 1.29 is 0 Å². The molecular weight excluding hydrogens is 158 g/mol. The van der Waals surface area contributed by atoms with Crippen molar-refractivity contribution in [1.29, 1.82) is 0 Å². The fourth-order valence-electron chi connectivity index (χ4n) is 2.43. The molecule has 1 rings (SSSR count). The normalized spacial score (nSPS) is 29.2. The first kappa shape index (κ1) is 10.8. The van der Waals surface area contributed by atoms with Gasteiger partial charge in [0.05, 0.1) is 0 Å². The van der Waals surface area contributed by atoms with Gasteiger partial charge in [0, 0.05) is 6.04 Å². The van der Waals surface area contributed by atoms with E-state index < -0.39 is 0 Å². The van der Waals surface area contributed by atoms with Gasteiger partial charge in [0.25, 0.3) is 0 Å².